The summed E-state index contributed by atoms with van der Waals surface area (Å²) in [6.45, 7) is 6.22. The van der Waals surface area contributed by atoms with Gasteiger partial charge in [0.2, 0.25) is 0 Å². The monoisotopic (exact) mass is 452 g/mol. The Balaban J connectivity index is 0.00000120. The molecule has 0 aliphatic carbocycles. The maximum Gasteiger partial charge on any atom is 0.0779 e. The van der Waals surface area contributed by atoms with Crippen LogP contribution in [0, 0.1) is 26.8 Å². The molecule has 0 saturated carbocycles. The number of hydrogen-bond donors (Lipinski definition) is 0. The van der Waals surface area contributed by atoms with Gasteiger partial charge < -0.3 is 0 Å². The minimum absolute atomic E-state index is 0. The molecule has 0 bridgehead atoms. The van der Waals surface area contributed by atoms with Crippen LogP contribution in [-0.2, 0) is 20.1 Å². The summed E-state index contributed by atoms with van der Waals surface area (Å²) in [7, 11) is 0. The van der Waals surface area contributed by atoms with Gasteiger partial charge in [-0.1, -0.05) is 12.5 Å². The molecule has 2 heterocycles. The van der Waals surface area contributed by atoms with E-state index in [-0.39, 0.29) is 20.1 Å². The van der Waals surface area contributed by atoms with Gasteiger partial charge in [0.15, 0.2) is 0 Å². The molecule has 95 valence electrons. The molecule has 5 heteroatoms. The van der Waals surface area contributed by atoms with E-state index >= 15 is 0 Å². The van der Waals surface area contributed by atoms with Gasteiger partial charge in [-0.05, 0) is 18.5 Å². The van der Waals surface area contributed by atoms with Crippen molar-refractivity contribution < 1.29 is 20.1 Å². The van der Waals surface area contributed by atoms with E-state index < -0.39 is 0 Å². The van der Waals surface area contributed by atoms with E-state index in [9.17, 15) is 0 Å². The van der Waals surface area contributed by atoms with Gasteiger partial charge in [0.25, 0.3) is 0 Å². The largest absolute Gasteiger partial charge is 0.293 e. The Hall–Kier alpha value is -0.611. The molecule has 2 aromatic heterocycles. The molecule has 0 unspecified atom stereocenters. The first-order chi connectivity index (χ1) is 8.15. The average Bonchev–Trinajstić information content (AvgIpc) is 2.85. The van der Waals surface area contributed by atoms with Crippen molar-refractivity contribution in [3.05, 3.63) is 33.8 Å². The number of rotatable bonds is 1. The molecule has 0 N–H and O–H groups in total. The predicted molar refractivity (Wildman–Crippen MR) is 73.8 cm³/mol. The van der Waals surface area contributed by atoms with E-state index in [0.717, 1.165) is 21.1 Å². The van der Waals surface area contributed by atoms with Crippen LogP contribution in [0.4, 0.5) is 0 Å². The van der Waals surface area contributed by atoms with E-state index in [4.69, 9.17) is 0 Å². The van der Waals surface area contributed by atoms with Crippen molar-refractivity contribution in [2.45, 2.75) is 20.8 Å². The number of nitrogens with zero attached hydrogens (tertiary/aromatic N) is 2. The molecule has 0 fully saturated rings. The molecule has 2 nitrogen and oxygen atoms in total. The molecule has 0 saturated heterocycles. The van der Waals surface area contributed by atoms with Crippen LogP contribution in [0.2, 0.25) is 0 Å². The Labute approximate surface area is 127 Å². The smallest absolute Gasteiger partial charge is 0.0779 e. The van der Waals surface area contributed by atoms with Gasteiger partial charge in [-0.25, -0.2) is 0 Å². The van der Waals surface area contributed by atoms with Crippen LogP contribution in [0.1, 0.15) is 15.4 Å². The maximum absolute atomic E-state index is 4.61. The number of hydrogen-bond acceptors (Lipinski definition) is 4. The van der Waals surface area contributed by atoms with Crippen LogP contribution in [0.15, 0.2) is 12.3 Å². The minimum Gasteiger partial charge on any atom is -0.293 e. The SMILES string of the molecule is Cc1cnc(-c2[c-]cc(C)c3sc(C)nc23)s1.[Ir]. The van der Waals surface area contributed by atoms with Crippen molar-refractivity contribution >= 4 is 32.9 Å². The van der Waals surface area contributed by atoms with Gasteiger partial charge in [0, 0.05) is 41.7 Å². The summed E-state index contributed by atoms with van der Waals surface area (Å²) >= 11 is 3.43. The molecular formula is C13H11IrN2S2-. The number of fused-ring (bicyclic) bond motifs is 1. The normalized spacial score (nSPS) is 10.6. The van der Waals surface area contributed by atoms with Crippen LogP contribution in [0.5, 0.6) is 0 Å². The minimum atomic E-state index is 0. The van der Waals surface area contributed by atoms with Crippen LogP contribution in [-0.4, -0.2) is 9.97 Å². The van der Waals surface area contributed by atoms with Crippen LogP contribution in [0.3, 0.4) is 0 Å². The van der Waals surface area contributed by atoms with Crippen molar-refractivity contribution in [2.24, 2.45) is 0 Å². The van der Waals surface area contributed by atoms with Gasteiger partial charge in [0.1, 0.15) is 0 Å². The van der Waals surface area contributed by atoms with Gasteiger partial charge >= 0.3 is 0 Å². The third-order valence-corrected chi connectivity index (χ3v) is 4.63. The summed E-state index contributed by atoms with van der Waals surface area (Å²) in [6, 6.07) is 5.35. The number of aryl methyl sites for hydroxylation is 3. The molecular weight excluding hydrogens is 441 g/mol. The topological polar surface area (TPSA) is 25.8 Å². The molecule has 1 radical (unpaired) electrons. The second kappa shape index (κ2) is 5.17. The molecule has 0 aliphatic heterocycles. The van der Waals surface area contributed by atoms with Gasteiger partial charge in [0.05, 0.1) is 5.01 Å². The first-order valence-electron chi connectivity index (χ1n) is 5.36. The van der Waals surface area contributed by atoms with E-state index in [1.54, 1.807) is 22.7 Å². The van der Waals surface area contributed by atoms with Gasteiger partial charge in [-0.2, -0.15) is 11.3 Å². The quantitative estimate of drug-likeness (QED) is 0.520. The first-order valence-corrected chi connectivity index (χ1v) is 6.99. The summed E-state index contributed by atoms with van der Waals surface area (Å²) < 4.78 is 1.25. The van der Waals surface area contributed by atoms with Crippen molar-refractivity contribution in [1.29, 1.82) is 0 Å². The Morgan fingerprint density at radius 1 is 1.17 bits per heavy atom. The molecule has 3 aromatic rings. The predicted octanol–water partition coefficient (Wildman–Crippen LogP) is 4.14. The third kappa shape index (κ3) is 2.28. The zero-order chi connectivity index (χ0) is 12.0. The zero-order valence-corrected chi connectivity index (χ0v) is 14.2. The summed E-state index contributed by atoms with van der Waals surface area (Å²) in [4.78, 5) is 10.3. The molecule has 3 rings (SSSR count). The Kier molecular flexibility index (Phi) is 3.97. The molecule has 0 amide bonds. The summed E-state index contributed by atoms with van der Waals surface area (Å²) in [5, 5.41) is 2.11. The standard InChI is InChI=1S/C13H11N2S2.Ir/c1-7-4-5-10(13-14-6-8(2)16-13)11-12(7)17-9(3)15-11;/h4,6H,1-3H3;/q-1;. The molecule has 0 atom stereocenters. The van der Waals surface area contributed by atoms with E-state index in [2.05, 4.69) is 29.9 Å². The first kappa shape index (κ1) is 13.8. The number of thiazole rings is 2. The third-order valence-electron chi connectivity index (χ3n) is 2.60. The Bertz CT molecular complexity index is 700. The van der Waals surface area contributed by atoms with Crippen molar-refractivity contribution in [2.75, 3.05) is 0 Å². The number of aromatic nitrogens is 2. The maximum atomic E-state index is 4.61. The van der Waals surface area contributed by atoms with Crippen LogP contribution < -0.4 is 0 Å². The average molecular weight is 452 g/mol. The molecule has 18 heavy (non-hydrogen) atoms. The molecule has 1 aromatic carbocycles. The molecule has 0 aliphatic rings. The summed E-state index contributed by atoms with van der Waals surface area (Å²) in [5.41, 5.74) is 3.32. The summed E-state index contributed by atoms with van der Waals surface area (Å²) in [5.74, 6) is 0. The van der Waals surface area contributed by atoms with Crippen molar-refractivity contribution in [1.82, 2.24) is 9.97 Å². The van der Waals surface area contributed by atoms with Crippen molar-refractivity contribution in [3.8, 4) is 10.6 Å². The fraction of sp³-hybridized carbons (Fsp3) is 0.231. The van der Waals surface area contributed by atoms with Crippen LogP contribution in [0.25, 0.3) is 20.8 Å². The Morgan fingerprint density at radius 3 is 2.61 bits per heavy atom. The van der Waals surface area contributed by atoms with E-state index in [1.807, 2.05) is 19.2 Å². The van der Waals surface area contributed by atoms with Gasteiger partial charge in [-0.3, -0.25) is 9.97 Å². The summed E-state index contributed by atoms with van der Waals surface area (Å²) in [6.07, 6.45) is 1.90. The second-order valence-corrected chi connectivity index (χ2v) is 6.47. The van der Waals surface area contributed by atoms with E-state index in [1.165, 1.54) is 15.1 Å². The fourth-order valence-corrected chi connectivity index (χ4v) is 3.48. The van der Waals surface area contributed by atoms with E-state index in [0.29, 0.717) is 0 Å². The second-order valence-electron chi connectivity index (χ2n) is 4.03. The number of benzene rings is 1. The molecule has 0 spiro atoms. The van der Waals surface area contributed by atoms with Gasteiger partial charge in [-0.15, -0.1) is 29.0 Å². The van der Waals surface area contributed by atoms with Crippen LogP contribution >= 0.6 is 22.7 Å². The Morgan fingerprint density at radius 2 is 1.94 bits per heavy atom. The zero-order valence-electron chi connectivity index (χ0n) is 10.2. The fourth-order valence-electron chi connectivity index (χ4n) is 1.81. The van der Waals surface area contributed by atoms with Crippen molar-refractivity contribution in [3.63, 3.8) is 0 Å².